The van der Waals surface area contributed by atoms with Crippen LogP contribution in [0.2, 0.25) is 0 Å². The first-order chi connectivity index (χ1) is 13.3. The van der Waals surface area contributed by atoms with Crippen LogP contribution in [-0.4, -0.2) is 20.4 Å². The van der Waals surface area contributed by atoms with Crippen LogP contribution in [0.25, 0.3) is 10.8 Å². The summed E-state index contributed by atoms with van der Waals surface area (Å²) in [6.07, 6.45) is 0. The summed E-state index contributed by atoms with van der Waals surface area (Å²) in [6, 6.07) is 19.1. The summed E-state index contributed by atoms with van der Waals surface area (Å²) in [5, 5.41) is 4.90. The lowest BCUT2D eigenvalue weighted by Crippen LogP contribution is -2.47. The van der Waals surface area contributed by atoms with Crippen molar-refractivity contribution < 1.29 is 13.2 Å². The van der Waals surface area contributed by atoms with E-state index >= 15 is 0 Å². The Kier molecular flexibility index (Phi) is 5.82. The normalized spacial score (nSPS) is 12.9. The highest BCUT2D eigenvalue weighted by Crippen LogP contribution is 2.20. The Morgan fingerprint density at radius 1 is 0.893 bits per heavy atom. The van der Waals surface area contributed by atoms with Crippen molar-refractivity contribution in [2.24, 2.45) is 5.92 Å². The van der Waals surface area contributed by atoms with Gasteiger partial charge >= 0.3 is 0 Å². The van der Waals surface area contributed by atoms with Gasteiger partial charge in [-0.1, -0.05) is 61.9 Å². The van der Waals surface area contributed by atoms with Crippen molar-refractivity contribution in [3.8, 4) is 0 Å². The first-order valence-electron chi connectivity index (χ1n) is 9.15. The molecule has 146 valence electrons. The van der Waals surface area contributed by atoms with Crippen molar-refractivity contribution >= 4 is 32.4 Å². The zero-order valence-corrected chi connectivity index (χ0v) is 17.0. The van der Waals surface area contributed by atoms with Crippen LogP contribution >= 0.6 is 0 Å². The van der Waals surface area contributed by atoms with Crippen molar-refractivity contribution in [2.45, 2.75) is 31.7 Å². The van der Waals surface area contributed by atoms with Crippen molar-refractivity contribution in [3.63, 3.8) is 0 Å². The van der Waals surface area contributed by atoms with Crippen LogP contribution in [0.15, 0.2) is 71.6 Å². The fourth-order valence-corrected chi connectivity index (χ4v) is 4.28. The second-order valence-electron chi connectivity index (χ2n) is 7.21. The Bertz CT molecular complexity index is 1090. The molecule has 1 atom stereocenters. The number of fused-ring (bicyclic) bond motifs is 1. The van der Waals surface area contributed by atoms with Crippen molar-refractivity contribution in [1.29, 1.82) is 0 Å². The number of hydrogen-bond acceptors (Lipinski definition) is 3. The van der Waals surface area contributed by atoms with Gasteiger partial charge in [0.05, 0.1) is 4.90 Å². The van der Waals surface area contributed by atoms with E-state index in [1.807, 2.05) is 63.2 Å². The Balaban J connectivity index is 1.80. The number of carbonyl (C=O) groups excluding carboxylic acids is 1. The number of amides is 1. The third kappa shape index (κ3) is 4.58. The molecule has 3 rings (SSSR count). The third-order valence-electron chi connectivity index (χ3n) is 4.58. The predicted octanol–water partition coefficient (Wildman–Crippen LogP) is 4.09. The first kappa shape index (κ1) is 20.0. The van der Waals surface area contributed by atoms with Crippen LogP contribution in [0.3, 0.4) is 0 Å². The topological polar surface area (TPSA) is 75.3 Å². The molecule has 0 aliphatic heterocycles. The van der Waals surface area contributed by atoms with E-state index in [2.05, 4.69) is 10.0 Å². The summed E-state index contributed by atoms with van der Waals surface area (Å²) < 4.78 is 27.9. The molecule has 3 aromatic rings. The van der Waals surface area contributed by atoms with Gasteiger partial charge in [0.15, 0.2) is 0 Å². The van der Waals surface area contributed by atoms with Gasteiger partial charge in [0.2, 0.25) is 15.9 Å². The highest BCUT2D eigenvalue weighted by molar-refractivity contribution is 7.89. The van der Waals surface area contributed by atoms with E-state index in [0.717, 1.165) is 16.3 Å². The predicted molar refractivity (Wildman–Crippen MR) is 113 cm³/mol. The van der Waals surface area contributed by atoms with Gasteiger partial charge in [-0.15, -0.1) is 0 Å². The van der Waals surface area contributed by atoms with Crippen molar-refractivity contribution in [3.05, 3.63) is 72.3 Å². The number of nitrogens with one attached hydrogen (secondary N) is 2. The summed E-state index contributed by atoms with van der Waals surface area (Å²) in [5.74, 6) is -0.610. The summed E-state index contributed by atoms with van der Waals surface area (Å²) in [6.45, 7) is 5.50. The largest absolute Gasteiger partial charge is 0.325 e. The lowest BCUT2D eigenvalue weighted by Gasteiger charge is -2.22. The number of aryl methyl sites for hydroxylation is 1. The average Bonchev–Trinajstić information content (AvgIpc) is 2.66. The quantitative estimate of drug-likeness (QED) is 0.659. The lowest BCUT2D eigenvalue weighted by atomic mass is 10.0. The molecule has 2 N–H and O–H groups in total. The van der Waals surface area contributed by atoms with Gasteiger partial charge in [-0.2, -0.15) is 4.72 Å². The zero-order chi connectivity index (χ0) is 20.3. The maximum atomic E-state index is 12.8. The third-order valence-corrected chi connectivity index (χ3v) is 6.04. The van der Waals surface area contributed by atoms with Crippen LogP contribution in [0.5, 0.6) is 0 Å². The van der Waals surface area contributed by atoms with Crippen LogP contribution in [0.4, 0.5) is 5.69 Å². The highest BCUT2D eigenvalue weighted by atomic mass is 32.2. The molecule has 0 saturated carbocycles. The molecule has 6 heteroatoms. The number of carbonyl (C=O) groups is 1. The van der Waals surface area contributed by atoms with Crippen LogP contribution < -0.4 is 10.0 Å². The Hall–Kier alpha value is -2.70. The average molecular weight is 397 g/mol. The molecule has 0 heterocycles. The summed E-state index contributed by atoms with van der Waals surface area (Å²) in [4.78, 5) is 13.0. The smallest absolute Gasteiger partial charge is 0.242 e. The molecule has 0 saturated heterocycles. The highest BCUT2D eigenvalue weighted by Gasteiger charge is 2.28. The SMILES string of the molecule is Cc1ccc(S(=O)(=O)N[C@H](C(=O)Nc2ccc3ccccc3c2)C(C)C)cc1. The number of anilines is 1. The van der Waals surface area contributed by atoms with E-state index in [1.165, 1.54) is 12.1 Å². The molecule has 0 radical (unpaired) electrons. The minimum Gasteiger partial charge on any atom is -0.325 e. The molecule has 0 fully saturated rings. The Labute approximate surface area is 165 Å². The minimum absolute atomic E-state index is 0.141. The van der Waals surface area contributed by atoms with Crippen LogP contribution in [0.1, 0.15) is 19.4 Å². The van der Waals surface area contributed by atoms with Crippen LogP contribution in [-0.2, 0) is 14.8 Å². The standard InChI is InChI=1S/C22H24N2O3S/c1-15(2)21(24-28(26,27)20-12-8-16(3)9-13-20)22(25)23-19-11-10-17-6-4-5-7-18(17)14-19/h4-15,21,24H,1-3H3,(H,23,25)/t21-/m0/s1. The molecule has 0 bridgehead atoms. The zero-order valence-electron chi connectivity index (χ0n) is 16.1. The monoisotopic (exact) mass is 396 g/mol. The van der Waals surface area contributed by atoms with Gasteiger partial charge < -0.3 is 5.32 Å². The maximum absolute atomic E-state index is 12.8. The van der Waals surface area contributed by atoms with Gasteiger partial charge in [-0.05, 0) is 47.9 Å². The van der Waals surface area contributed by atoms with Gasteiger partial charge in [-0.25, -0.2) is 8.42 Å². The Morgan fingerprint density at radius 2 is 1.54 bits per heavy atom. The molecule has 1 amide bonds. The number of rotatable bonds is 6. The molecule has 3 aromatic carbocycles. The van der Waals surface area contributed by atoms with E-state index in [0.29, 0.717) is 5.69 Å². The fourth-order valence-electron chi connectivity index (χ4n) is 2.93. The maximum Gasteiger partial charge on any atom is 0.242 e. The Morgan fingerprint density at radius 3 is 2.18 bits per heavy atom. The molecule has 0 aliphatic carbocycles. The molecular weight excluding hydrogens is 372 g/mol. The van der Waals surface area contributed by atoms with Crippen LogP contribution in [0, 0.1) is 12.8 Å². The molecule has 28 heavy (non-hydrogen) atoms. The number of benzene rings is 3. The van der Waals surface area contributed by atoms with E-state index in [9.17, 15) is 13.2 Å². The second kappa shape index (κ2) is 8.12. The minimum atomic E-state index is -3.80. The summed E-state index contributed by atoms with van der Waals surface area (Å²) in [5.41, 5.74) is 1.59. The fraction of sp³-hybridized carbons (Fsp3) is 0.227. The van der Waals surface area contributed by atoms with E-state index in [1.54, 1.807) is 12.1 Å². The molecule has 0 unspecified atom stereocenters. The lowest BCUT2D eigenvalue weighted by molar-refractivity contribution is -0.118. The second-order valence-corrected chi connectivity index (χ2v) is 8.92. The molecule has 0 aromatic heterocycles. The molecular formula is C22H24N2O3S. The van der Waals surface area contributed by atoms with E-state index in [-0.39, 0.29) is 16.7 Å². The van der Waals surface area contributed by atoms with Gasteiger partial charge in [0, 0.05) is 5.69 Å². The van der Waals surface area contributed by atoms with Crippen molar-refractivity contribution in [1.82, 2.24) is 4.72 Å². The molecule has 0 spiro atoms. The van der Waals surface area contributed by atoms with Gasteiger partial charge in [0.25, 0.3) is 0 Å². The number of hydrogen-bond donors (Lipinski definition) is 2. The molecule has 5 nitrogen and oxygen atoms in total. The van der Waals surface area contributed by atoms with Crippen molar-refractivity contribution in [2.75, 3.05) is 5.32 Å². The molecule has 0 aliphatic rings. The van der Waals surface area contributed by atoms with Gasteiger partial charge in [0.1, 0.15) is 6.04 Å². The first-order valence-corrected chi connectivity index (χ1v) is 10.6. The van der Waals surface area contributed by atoms with E-state index < -0.39 is 16.1 Å². The number of sulfonamides is 1. The van der Waals surface area contributed by atoms with Gasteiger partial charge in [-0.3, -0.25) is 4.79 Å². The van der Waals surface area contributed by atoms with E-state index in [4.69, 9.17) is 0 Å². The summed E-state index contributed by atoms with van der Waals surface area (Å²) >= 11 is 0. The summed E-state index contributed by atoms with van der Waals surface area (Å²) in [7, 11) is -3.80.